The second-order valence-electron chi connectivity index (χ2n) is 5.53. The quantitative estimate of drug-likeness (QED) is 0.699. The van der Waals surface area contributed by atoms with Crippen LogP contribution in [0.3, 0.4) is 0 Å². The van der Waals surface area contributed by atoms with E-state index in [1.54, 1.807) is 13.0 Å². The number of hydrogen-bond acceptors (Lipinski definition) is 5. The summed E-state index contributed by atoms with van der Waals surface area (Å²) in [7, 11) is 1.42. The van der Waals surface area contributed by atoms with Crippen molar-refractivity contribution in [3.05, 3.63) is 59.2 Å². The molecule has 2 amide bonds. The van der Waals surface area contributed by atoms with Crippen LogP contribution in [-0.4, -0.2) is 23.9 Å². The molecule has 3 rings (SSSR count). The highest BCUT2D eigenvalue weighted by Crippen LogP contribution is 2.29. The predicted molar refractivity (Wildman–Crippen MR) is 91.0 cm³/mol. The largest absolute Gasteiger partial charge is 0.493 e. The van der Waals surface area contributed by atoms with E-state index in [9.17, 15) is 14.0 Å². The van der Waals surface area contributed by atoms with Gasteiger partial charge in [-0.3, -0.25) is 20.4 Å². The number of ether oxygens (including phenoxy) is 1. The summed E-state index contributed by atoms with van der Waals surface area (Å²) in [4.78, 5) is 28.5. The molecule has 0 spiro atoms. The van der Waals surface area contributed by atoms with Gasteiger partial charge in [-0.05, 0) is 29.8 Å². The molecule has 26 heavy (non-hydrogen) atoms. The molecule has 8 heteroatoms. The Kier molecular flexibility index (Phi) is 4.83. The number of carbonyl (C=O) groups excluding carboxylic acids is 2. The number of hydrogen-bond donors (Lipinski definition) is 2. The van der Waals surface area contributed by atoms with Crippen LogP contribution >= 0.6 is 0 Å². The van der Waals surface area contributed by atoms with Gasteiger partial charge in [-0.2, -0.15) is 0 Å². The Bertz CT molecular complexity index is 966. The number of fused-ring (bicyclic) bond motifs is 1. The number of benzene rings is 2. The fourth-order valence-electron chi connectivity index (χ4n) is 2.49. The van der Waals surface area contributed by atoms with Crippen molar-refractivity contribution in [1.82, 2.24) is 15.8 Å². The number of aryl methyl sites for hydroxylation is 1. The van der Waals surface area contributed by atoms with Gasteiger partial charge in [0.25, 0.3) is 5.91 Å². The zero-order valence-corrected chi connectivity index (χ0v) is 14.1. The molecule has 0 unspecified atom stereocenters. The van der Waals surface area contributed by atoms with E-state index in [2.05, 4.69) is 15.8 Å². The van der Waals surface area contributed by atoms with Crippen LogP contribution in [0.5, 0.6) is 5.75 Å². The lowest BCUT2D eigenvalue weighted by molar-refractivity contribution is -0.121. The maximum absolute atomic E-state index is 12.9. The van der Waals surface area contributed by atoms with E-state index in [1.165, 1.54) is 37.4 Å². The minimum Gasteiger partial charge on any atom is -0.493 e. The topological polar surface area (TPSA) is 93.5 Å². The molecule has 0 aliphatic rings. The number of nitrogens with one attached hydrogen (secondary N) is 2. The van der Waals surface area contributed by atoms with Gasteiger partial charge in [-0.25, -0.2) is 9.37 Å². The summed E-state index contributed by atoms with van der Waals surface area (Å²) in [6.45, 7) is 1.69. The van der Waals surface area contributed by atoms with Gasteiger partial charge >= 0.3 is 0 Å². The van der Waals surface area contributed by atoms with E-state index >= 15 is 0 Å². The molecule has 1 aromatic heterocycles. The van der Waals surface area contributed by atoms with Gasteiger partial charge in [0.15, 0.2) is 22.7 Å². The number of methoxy groups -OCH3 is 1. The van der Waals surface area contributed by atoms with Crippen molar-refractivity contribution in [2.45, 2.75) is 13.3 Å². The van der Waals surface area contributed by atoms with Crippen LogP contribution in [0.15, 0.2) is 40.8 Å². The van der Waals surface area contributed by atoms with Crippen LogP contribution in [0.2, 0.25) is 0 Å². The van der Waals surface area contributed by atoms with Crippen LogP contribution in [0.25, 0.3) is 11.1 Å². The van der Waals surface area contributed by atoms with Gasteiger partial charge in [0, 0.05) is 6.92 Å². The molecule has 2 aromatic carbocycles. The predicted octanol–water partition coefficient (Wildman–Crippen LogP) is 2.29. The number of hydrazine groups is 1. The van der Waals surface area contributed by atoms with E-state index in [4.69, 9.17) is 9.15 Å². The molecule has 0 aliphatic carbocycles. The van der Waals surface area contributed by atoms with Crippen LogP contribution in [0.4, 0.5) is 4.39 Å². The number of carbonyl (C=O) groups is 2. The maximum atomic E-state index is 12.9. The molecule has 0 radical (unpaired) electrons. The Morgan fingerprint density at radius 1 is 1.15 bits per heavy atom. The summed E-state index contributed by atoms with van der Waals surface area (Å²) in [5.41, 5.74) is 6.39. The fourth-order valence-corrected chi connectivity index (χ4v) is 2.49. The van der Waals surface area contributed by atoms with Crippen LogP contribution in [-0.2, 0) is 11.2 Å². The molecule has 134 valence electrons. The Labute approximate surface area is 148 Å². The van der Waals surface area contributed by atoms with E-state index in [1.807, 2.05) is 0 Å². The fraction of sp³-hybridized carbons (Fsp3) is 0.167. The normalized spacial score (nSPS) is 10.6. The average molecular weight is 357 g/mol. The SMILES string of the molecule is COc1c(C(=O)NNC(=O)Cc2ccc(F)cc2)ccc2oc(C)nc12. The lowest BCUT2D eigenvalue weighted by Crippen LogP contribution is -2.42. The number of halogens is 1. The highest BCUT2D eigenvalue weighted by atomic mass is 19.1. The summed E-state index contributed by atoms with van der Waals surface area (Å²) in [5.74, 6) is -0.680. The summed E-state index contributed by atoms with van der Waals surface area (Å²) < 4.78 is 23.5. The van der Waals surface area contributed by atoms with Crippen molar-refractivity contribution in [3.63, 3.8) is 0 Å². The third kappa shape index (κ3) is 3.64. The zero-order chi connectivity index (χ0) is 18.7. The van der Waals surface area contributed by atoms with Crippen LogP contribution in [0, 0.1) is 12.7 Å². The Hall–Kier alpha value is -3.42. The summed E-state index contributed by atoms with van der Waals surface area (Å²) >= 11 is 0. The van der Waals surface area contributed by atoms with Crippen LogP contribution < -0.4 is 15.6 Å². The van der Waals surface area contributed by atoms with Crippen molar-refractivity contribution in [2.24, 2.45) is 0 Å². The van der Waals surface area contributed by atoms with Crippen molar-refractivity contribution in [1.29, 1.82) is 0 Å². The highest BCUT2D eigenvalue weighted by molar-refractivity contribution is 6.02. The van der Waals surface area contributed by atoms with Crippen molar-refractivity contribution in [2.75, 3.05) is 7.11 Å². The molecule has 0 bridgehead atoms. The standard InChI is InChI=1S/C18H16FN3O4/c1-10-20-16-14(26-10)8-7-13(17(16)25-2)18(24)22-21-15(23)9-11-3-5-12(19)6-4-11/h3-8H,9H2,1-2H3,(H,21,23)(H,22,24). The molecule has 0 aliphatic heterocycles. The van der Waals surface area contributed by atoms with E-state index in [0.717, 1.165) is 0 Å². The molecule has 3 aromatic rings. The summed E-state index contributed by atoms with van der Waals surface area (Å²) in [6, 6.07) is 8.66. The molecule has 0 fully saturated rings. The third-order valence-corrected chi connectivity index (χ3v) is 3.66. The zero-order valence-electron chi connectivity index (χ0n) is 14.1. The van der Waals surface area contributed by atoms with Crippen molar-refractivity contribution >= 4 is 22.9 Å². The minimum atomic E-state index is -0.558. The number of aromatic nitrogens is 1. The first-order chi connectivity index (χ1) is 12.5. The van der Waals surface area contributed by atoms with Crippen LogP contribution in [0.1, 0.15) is 21.8 Å². The first-order valence-electron chi connectivity index (χ1n) is 7.75. The molecular formula is C18H16FN3O4. The smallest absolute Gasteiger partial charge is 0.273 e. The second-order valence-corrected chi connectivity index (χ2v) is 5.53. The van der Waals surface area contributed by atoms with Crippen molar-refractivity contribution < 1.29 is 23.1 Å². The Balaban J connectivity index is 1.69. The maximum Gasteiger partial charge on any atom is 0.273 e. The Morgan fingerprint density at radius 3 is 2.58 bits per heavy atom. The molecule has 0 atom stereocenters. The molecule has 1 heterocycles. The lowest BCUT2D eigenvalue weighted by atomic mass is 10.1. The Morgan fingerprint density at radius 2 is 1.88 bits per heavy atom. The molecule has 0 saturated heterocycles. The van der Waals surface area contributed by atoms with Gasteiger partial charge < -0.3 is 9.15 Å². The molecule has 0 saturated carbocycles. The second kappa shape index (κ2) is 7.22. The number of rotatable bonds is 4. The van der Waals surface area contributed by atoms with Gasteiger partial charge in [-0.1, -0.05) is 12.1 Å². The highest BCUT2D eigenvalue weighted by Gasteiger charge is 2.19. The lowest BCUT2D eigenvalue weighted by Gasteiger charge is -2.10. The van der Waals surface area contributed by atoms with Gasteiger partial charge in [-0.15, -0.1) is 0 Å². The summed E-state index contributed by atoms with van der Waals surface area (Å²) in [5, 5.41) is 0. The number of nitrogens with zero attached hydrogens (tertiary/aromatic N) is 1. The monoisotopic (exact) mass is 357 g/mol. The summed E-state index contributed by atoms with van der Waals surface area (Å²) in [6.07, 6.45) is -0.000783. The third-order valence-electron chi connectivity index (χ3n) is 3.66. The van der Waals surface area contributed by atoms with Gasteiger partial charge in [0.1, 0.15) is 5.82 Å². The minimum absolute atomic E-state index is 0.000783. The van der Waals surface area contributed by atoms with Gasteiger partial charge in [0.05, 0.1) is 19.1 Å². The van der Waals surface area contributed by atoms with Crippen molar-refractivity contribution in [3.8, 4) is 5.75 Å². The first kappa shape index (κ1) is 17.4. The van der Waals surface area contributed by atoms with E-state index in [0.29, 0.717) is 22.6 Å². The molecular weight excluding hydrogens is 341 g/mol. The number of amides is 2. The van der Waals surface area contributed by atoms with E-state index < -0.39 is 11.8 Å². The number of oxazole rings is 1. The molecule has 7 nitrogen and oxygen atoms in total. The first-order valence-corrected chi connectivity index (χ1v) is 7.75. The van der Waals surface area contributed by atoms with Gasteiger partial charge in [0.2, 0.25) is 5.91 Å². The molecule has 2 N–H and O–H groups in total. The van der Waals surface area contributed by atoms with E-state index in [-0.39, 0.29) is 23.6 Å². The average Bonchev–Trinajstić information content (AvgIpc) is 3.01.